The molecule has 0 bridgehead atoms. The van der Waals surface area contributed by atoms with Crippen molar-refractivity contribution in [2.75, 3.05) is 30.6 Å². The lowest BCUT2D eigenvalue weighted by molar-refractivity contribution is -0.384. The van der Waals surface area contributed by atoms with Crippen LogP contribution in [0.4, 0.5) is 17.1 Å². The molecule has 0 unspecified atom stereocenters. The molecule has 0 aliphatic heterocycles. The van der Waals surface area contributed by atoms with Gasteiger partial charge in [0.25, 0.3) is 17.5 Å². The van der Waals surface area contributed by atoms with Crippen LogP contribution < -0.4 is 25.4 Å². The van der Waals surface area contributed by atoms with Crippen molar-refractivity contribution in [3.63, 3.8) is 0 Å². The van der Waals surface area contributed by atoms with Crippen molar-refractivity contribution < 1.29 is 28.8 Å². The highest BCUT2D eigenvalue weighted by atomic mass is 32.2. The maximum Gasteiger partial charge on any atom is 0.272 e. The van der Waals surface area contributed by atoms with Crippen molar-refractivity contribution in [2.45, 2.75) is 11.8 Å². The Kier molecular flexibility index (Phi) is 10.9. The minimum atomic E-state index is -0.554. The molecule has 0 radical (unpaired) electrons. The van der Waals surface area contributed by atoms with Crippen LogP contribution in [-0.2, 0) is 9.59 Å². The molecular weight excluding hydrogens is 596 g/mol. The van der Waals surface area contributed by atoms with E-state index < -0.39 is 16.7 Å². The molecule has 0 saturated carbocycles. The summed E-state index contributed by atoms with van der Waals surface area (Å²) in [7, 11) is 3.02. The molecule has 11 nitrogen and oxygen atoms in total. The van der Waals surface area contributed by atoms with Crippen LogP contribution in [0, 0.1) is 17.0 Å². The monoisotopic (exact) mass is 626 g/mol. The third kappa shape index (κ3) is 8.94. The SMILES string of the molecule is COc1ccc(/C=C(\NC(=O)c2ccccc2)C(=O)Nc2ccc(SCC(=O)Nc3cc([N+](=O)[O-])ccc3C)cc2)cc1OC. The minimum Gasteiger partial charge on any atom is -0.493 e. The zero-order valence-electron chi connectivity index (χ0n) is 24.7. The van der Waals surface area contributed by atoms with Gasteiger partial charge in [0, 0.05) is 28.3 Å². The van der Waals surface area contributed by atoms with Gasteiger partial charge in [-0.25, -0.2) is 0 Å². The van der Waals surface area contributed by atoms with E-state index in [1.807, 2.05) is 0 Å². The van der Waals surface area contributed by atoms with Gasteiger partial charge in [0.15, 0.2) is 11.5 Å². The number of amides is 3. The Morgan fingerprint density at radius 3 is 2.24 bits per heavy atom. The number of hydrogen-bond acceptors (Lipinski definition) is 8. The third-order valence-electron chi connectivity index (χ3n) is 6.44. The topological polar surface area (TPSA) is 149 Å². The summed E-state index contributed by atoms with van der Waals surface area (Å²) >= 11 is 1.26. The van der Waals surface area contributed by atoms with Gasteiger partial charge in [-0.2, -0.15) is 0 Å². The Morgan fingerprint density at radius 2 is 1.58 bits per heavy atom. The Labute approximate surface area is 263 Å². The van der Waals surface area contributed by atoms with E-state index in [4.69, 9.17) is 9.47 Å². The molecule has 4 aromatic carbocycles. The fraction of sp³-hybridized carbons (Fsp3) is 0.121. The van der Waals surface area contributed by atoms with E-state index >= 15 is 0 Å². The molecule has 0 aromatic heterocycles. The molecule has 0 fully saturated rings. The van der Waals surface area contributed by atoms with Crippen molar-refractivity contribution in [3.8, 4) is 11.5 Å². The summed E-state index contributed by atoms with van der Waals surface area (Å²) in [6.45, 7) is 1.75. The van der Waals surface area contributed by atoms with Gasteiger partial charge < -0.3 is 25.4 Å². The standard InChI is InChI=1S/C33H30N4O7S/c1-21-9-13-25(37(41)42)19-27(21)35-31(38)20-45-26-14-11-24(12-15-26)34-33(40)28(36-32(39)23-7-5-4-6-8-23)17-22-10-16-29(43-2)30(18-22)44-3/h4-19H,20H2,1-3H3,(H,34,40)(H,35,38)(H,36,39)/b28-17-. The van der Waals surface area contributed by atoms with Crippen molar-refractivity contribution in [1.82, 2.24) is 5.32 Å². The number of anilines is 2. The molecule has 3 amide bonds. The molecule has 0 atom stereocenters. The summed E-state index contributed by atoms with van der Waals surface area (Å²) in [6, 6.07) is 24.8. The average molecular weight is 627 g/mol. The number of benzene rings is 4. The molecule has 0 spiro atoms. The number of thioether (sulfide) groups is 1. The summed E-state index contributed by atoms with van der Waals surface area (Å²) in [5, 5.41) is 19.3. The quantitative estimate of drug-likeness (QED) is 0.0744. The van der Waals surface area contributed by atoms with E-state index in [9.17, 15) is 24.5 Å². The van der Waals surface area contributed by atoms with Gasteiger partial charge in [-0.05, 0) is 72.7 Å². The van der Waals surface area contributed by atoms with Crippen molar-refractivity contribution in [1.29, 1.82) is 0 Å². The van der Waals surface area contributed by atoms with E-state index in [0.29, 0.717) is 39.6 Å². The molecule has 12 heteroatoms. The number of nitro groups is 1. The van der Waals surface area contributed by atoms with E-state index in [1.54, 1.807) is 85.8 Å². The highest BCUT2D eigenvalue weighted by molar-refractivity contribution is 8.00. The summed E-state index contributed by atoms with van der Waals surface area (Å²) < 4.78 is 10.7. The number of nitrogens with zero attached hydrogens (tertiary/aromatic N) is 1. The highest BCUT2D eigenvalue weighted by Gasteiger charge is 2.16. The van der Waals surface area contributed by atoms with Gasteiger partial charge in [0.05, 0.1) is 30.6 Å². The number of methoxy groups -OCH3 is 2. The molecular formula is C33H30N4O7S. The summed E-state index contributed by atoms with van der Waals surface area (Å²) in [4.78, 5) is 50.1. The maximum absolute atomic E-state index is 13.4. The van der Waals surface area contributed by atoms with E-state index in [-0.39, 0.29) is 23.0 Å². The number of nitrogens with one attached hydrogen (secondary N) is 3. The third-order valence-corrected chi connectivity index (χ3v) is 7.45. The lowest BCUT2D eigenvalue weighted by Crippen LogP contribution is -2.30. The molecule has 45 heavy (non-hydrogen) atoms. The van der Waals surface area contributed by atoms with Crippen molar-refractivity contribution in [2.24, 2.45) is 0 Å². The zero-order valence-corrected chi connectivity index (χ0v) is 25.5. The number of carbonyl (C=O) groups is 3. The number of rotatable bonds is 12. The predicted octanol–water partition coefficient (Wildman–Crippen LogP) is 6.06. The number of carbonyl (C=O) groups excluding carboxylic acids is 3. The van der Waals surface area contributed by atoms with Gasteiger partial charge in [-0.1, -0.05) is 30.3 Å². The van der Waals surface area contributed by atoms with Gasteiger partial charge in [0.2, 0.25) is 5.91 Å². The molecule has 4 rings (SSSR count). The van der Waals surface area contributed by atoms with Crippen molar-refractivity contribution in [3.05, 3.63) is 123 Å². The van der Waals surface area contributed by atoms with Crippen LogP contribution in [0.3, 0.4) is 0 Å². The van der Waals surface area contributed by atoms with Crippen LogP contribution in [0.2, 0.25) is 0 Å². The molecule has 0 aliphatic rings. The van der Waals surface area contributed by atoms with Crippen LogP contribution in [-0.4, -0.2) is 42.6 Å². The normalized spacial score (nSPS) is 10.9. The van der Waals surface area contributed by atoms with E-state index in [2.05, 4.69) is 16.0 Å². The second-order valence-corrected chi connectivity index (χ2v) is 10.6. The Morgan fingerprint density at radius 1 is 0.867 bits per heavy atom. The Bertz CT molecular complexity index is 1740. The molecule has 230 valence electrons. The molecule has 0 aliphatic carbocycles. The smallest absolute Gasteiger partial charge is 0.272 e. The number of aryl methyl sites for hydroxylation is 1. The van der Waals surface area contributed by atoms with E-state index in [0.717, 1.165) is 4.90 Å². The predicted molar refractivity (Wildman–Crippen MR) is 174 cm³/mol. The van der Waals surface area contributed by atoms with Gasteiger partial charge >= 0.3 is 0 Å². The fourth-order valence-electron chi connectivity index (χ4n) is 4.08. The second kappa shape index (κ2) is 15.2. The number of nitro benzene ring substituents is 1. The number of ether oxygens (including phenoxy) is 2. The first-order chi connectivity index (χ1) is 21.7. The van der Waals surface area contributed by atoms with Crippen LogP contribution in [0.15, 0.2) is 102 Å². The average Bonchev–Trinajstić information content (AvgIpc) is 3.05. The van der Waals surface area contributed by atoms with Gasteiger partial charge in [-0.15, -0.1) is 11.8 Å². The largest absolute Gasteiger partial charge is 0.493 e. The van der Waals surface area contributed by atoms with Crippen LogP contribution >= 0.6 is 11.8 Å². The molecule has 0 heterocycles. The zero-order chi connectivity index (χ0) is 32.3. The van der Waals surface area contributed by atoms with E-state index in [1.165, 1.54) is 44.2 Å². The fourth-order valence-corrected chi connectivity index (χ4v) is 4.78. The summed E-state index contributed by atoms with van der Waals surface area (Å²) in [5.74, 6) is -0.285. The summed E-state index contributed by atoms with van der Waals surface area (Å²) in [6.07, 6.45) is 1.53. The minimum absolute atomic E-state index is 0.00244. The Balaban J connectivity index is 1.44. The Hall–Kier alpha value is -5.62. The lowest BCUT2D eigenvalue weighted by Gasteiger charge is -2.13. The highest BCUT2D eigenvalue weighted by Crippen LogP contribution is 2.29. The second-order valence-electron chi connectivity index (χ2n) is 9.56. The van der Waals surface area contributed by atoms with Gasteiger partial charge in [0.1, 0.15) is 5.70 Å². The van der Waals surface area contributed by atoms with Crippen LogP contribution in [0.25, 0.3) is 6.08 Å². The molecule has 0 saturated heterocycles. The molecule has 4 aromatic rings. The van der Waals surface area contributed by atoms with Crippen LogP contribution in [0.1, 0.15) is 21.5 Å². The lowest BCUT2D eigenvalue weighted by atomic mass is 10.1. The first-order valence-electron chi connectivity index (χ1n) is 13.6. The summed E-state index contributed by atoms with van der Waals surface area (Å²) in [5.41, 5.74) is 2.42. The van der Waals surface area contributed by atoms with Crippen molar-refractivity contribution >= 4 is 52.6 Å². The first-order valence-corrected chi connectivity index (χ1v) is 14.5. The van der Waals surface area contributed by atoms with Crippen LogP contribution in [0.5, 0.6) is 11.5 Å². The number of hydrogen-bond donors (Lipinski definition) is 3. The molecule has 3 N–H and O–H groups in total. The van der Waals surface area contributed by atoms with Gasteiger partial charge in [-0.3, -0.25) is 24.5 Å². The number of non-ortho nitro benzene ring substituents is 1. The maximum atomic E-state index is 13.4. The first kappa shape index (κ1) is 32.3.